The van der Waals surface area contributed by atoms with E-state index in [0.29, 0.717) is 4.47 Å². The number of carbonyl (C=O) groups excluding carboxylic acids is 3. The van der Waals surface area contributed by atoms with Crippen LogP contribution < -0.4 is 0 Å². The van der Waals surface area contributed by atoms with Crippen molar-refractivity contribution < 1.29 is 18.8 Å². The van der Waals surface area contributed by atoms with Crippen LogP contribution in [-0.4, -0.2) is 33.7 Å². The zero-order chi connectivity index (χ0) is 15.9. The molecule has 0 radical (unpaired) electrons. The van der Waals surface area contributed by atoms with Gasteiger partial charge in [-0.2, -0.15) is 0 Å². The largest absolute Gasteiger partial charge is 0.334 e. The molecule has 1 saturated carbocycles. The fraction of sp³-hybridized carbons (Fsp3) is 0.400. The lowest BCUT2D eigenvalue weighted by Gasteiger charge is -2.21. The molecule has 1 aromatic carbocycles. The molecule has 22 heavy (non-hydrogen) atoms. The number of imide groups is 2. The van der Waals surface area contributed by atoms with Gasteiger partial charge in [-0.15, -0.1) is 0 Å². The van der Waals surface area contributed by atoms with Crippen LogP contribution in [0.5, 0.6) is 0 Å². The Morgan fingerprint density at radius 3 is 2.45 bits per heavy atom. The lowest BCUT2D eigenvalue weighted by Crippen LogP contribution is -2.39. The molecular formula is C15H14BrFN2O3. The predicted octanol–water partition coefficient (Wildman–Crippen LogP) is 2.82. The number of halogens is 2. The van der Waals surface area contributed by atoms with Crippen LogP contribution in [0.2, 0.25) is 0 Å². The highest BCUT2D eigenvalue weighted by atomic mass is 79.9. The highest BCUT2D eigenvalue weighted by Crippen LogP contribution is 2.28. The second kappa shape index (κ2) is 5.79. The van der Waals surface area contributed by atoms with Gasteiger partial charge >= 0.3 is 17.8 Å². The quantitative estimate of drug-likeness (QED) is 0.608. The zero-order valence-electron chi connectivity index (χ0n) is 11.7. The van der Waals surface area contributed by atoms with E-state index >= 15 is 0 Å². The molecule has 0 spiro atoms. The number of amides is 4. The van der Waals surface area contributed by atoms with Crippen molar-refractivity contribution in [1.82, 2.24) is 9.80 Å². The molecule has 4 amide bonds. The summed E-state index contributed by atoms with van der Waals surface area (Å²) in [5.41, 5.74) is 0.200. The van der Waals surface area contributed by atoms with E-state index in [-0.39, 0.29) is 18.2 Å². The van der Waals surface area contributed by atoms with Crippen molar-refractivity contribution in [2.75, 3.05) is 0 Å². The first-order chi connectivity index (χ1) is 10.5. The molecule has 116 valence electrons. The fourth-order valence-corrected chi connectivity index (χ4v) is 3.30. The van der Waals surface area contributed by atoms with E-state index in [9.17, 15) is 18.8 Å². The molecule has 0 bridgehead atoms. The van der Waals surface area contributed by atoms with Gasteiger partial charge in [-0.05, 0) is 25.0 Å². The molecule has 0 atom stereocenters. The maximum Gasteiger partial charge on any atom is 0.334 e. The normalized spacial score (nSPS) is 19.6. The third-order valence-corrected chi connectivity index (χ3v) is 4.61. The second-order valence-corrected chi connectivity index (χ2v) is 6.44. The van der Waals surface area contributed by atoms with Gasteiger partial charge in [0, 0.05) is 16.1 Å². The highest BCUT2D eigenvalue weighted by Gasteiger charge is 2.48. The molecule has 0 unspecified atom stereocenters. The SMILES string of the molecule is O=C1C(=O)N(C2CCCC2)C(=O)N1Cc1ccc(Br)cc1F. The molecule has 1 aliphatic carbocycles. The molecule has 7 heteroatoms. The summed E-state index contributed by atoms with van der Waals surface area (Å²) in [6.07, 6.45) is 3.34. The molecule has 3 rings (SSSR count). The Kier molecular flexibility index (Phi) is 3.99. The van der Waals surface area contributed by atoms with Gasteiger partial charge in [-0.1, -0.05) is 34.8 Å². The first-order valence-corrected chi connectivity index (χ1v) is 7.91. The monoisotopic (exact) mass is 368 g/mol. The molecule has 1 heterocycles. The van der Waals surface area contributed by atoms with Gasteiger partial charge in [0.1, 0.15) is 5.82 Å². The number of benzene rings is 1. The minimum Gasteiger partial charge on any atom is -0.263 e. The molecule has 2 fully saturated rings. The summed E-state index contributed by atoms with van der Waals surface area (Å²) in [7, 11) is 0. The van der Waals surface area contributed by atoms with Gasteiger partial charge in [0.05, 0.1) is 6.54 Å². The number of nitrogens with zero attached hydrogens (tertiary/aromatic N) is 2. The van der Waals surface area contributed by atoms with E-state index in [2.05, 4.69) is 15.9 Å². The summed E-state index contributed by atoms with van der Waals surface area (Å²) in [5.74, 6) is -2.20. The molecule has 1 aliphatic heterocycles. The maximum atomic E-state index is 13.9. The Morgan fingerprint density at radius 1 is 1.14 bits per heavy atom. The van der Waals surface area contributed by atoms with Crippen LogP contribution in [0.3, 0.4) is 0 Å². The van der Waals surface area contributed by atoms with Gasteiger partial charge in [0.15, 0.2) is 0 Å². The van der Waals surface area contributed by atoms with Crippen LogP contribution >= 0.6 is 15.9 Å². The van der Waals surface area contributed by atoms with Crippen LogP contribution in [0.4, 0.5) is 9.18 Å². The lowest BCUT2D eigenvalue weighted by atomic mass is 10.2. The summed E-state index contributed by atoms with van der Waals surface area (Å²) in [6, 6.07) is 3.53. The Bertz CT molecular complexity index is 658. The highest BCUT2D eigenvalue weighted by molar-refractivity contribution is 9.10. The average molecular weight is 369 g/mol. The third kappa shape index (κ3) is 2.54. The molecule has 5 nitrogen and oxygen atoms in total. The Hall–Kier alpha value is -1.76. The van der Waals surface area contributed by atoms with Crippen molar-refractivity contribution in [3.63, 3.8) is 0 Å². The van der Waals surface area contributed by atoms with Crippen molar-refractivity contribution in [3.05, 3.63) is 34.1 Å². The summed E-state index contributed by atoms with van der Waals surface area (Å²) < 4.78 is 14.4. The van der Waals surface area contributed by atoms with Crippen LogP contribution in [0, 0.1) is 5.82 Å². The maximum absolute atomic E-state index is 13.9. The standard InChI is InChI=1S/C15H14BrFN2O3/c16-10-6-5-9(12(17)7-10)8-18-13(20)14(21)19(15(18)22)11-3-1-2-4-11/h5-7,11H,1-4,8H2. The van der Waals surface area contributed by atoms with Gasteiger partial charge in [0.2, 0.25) is 0 Å². The molecule has 0 N–H and O–H groups in total. The number of hydrogen-bond acceptors (Lipinski definition) is 3. The van der Waals surface area contributed by atoms with E-state index < -0.39 is 23.7 Å². The minimum atomic E-state index is -0.876. The van der Waals surface area contributed by atoms with Crippen molar-refractivity contribution in [2.45, 2.75) is 38.3 Å². The van der Waals surface area contributed by atoms with Crippen LogP contribution in [0.15, 0.2) is 22.7 Å². The summed E-state index contributed by atoms with van der Waals surface area (Å²) in [4.78, 5) is 38.4. The van der Waals surface area contributed by atoms with Gasteiger partial charge in [0.25, 0.3) is 0 Å². The van der Waals surface area contributed by atoms with Crippen LogP contribution in [0.1, 0.15) is 31.2 Å². The number of hydrogen-bond donors (Lipinski definition) is 0. The van der Waals surface area contributed by atoms with E-state index in [1.807, 2.05) is 0 Å². The second-order valence-electron chi connectivity index (χ2n) is 5.52. The number of carbonyl (C=O) groups is 3. The van der Waals surface area contributed by atoms with Gasteiger partial charge < -0.3 is 0 Å². The van der Waals surface area contributed by atoms with Crippen molar-refractivity contribution >= 4 is 33.8 Å². The van der Waals surface area contributed by atoms with Crippen molar-refractivity contribution in [1.29, 1.82) is 0 Å². The predicted molar refractivity (Wildman–Crippen MR) is 79.1 cm³/mol. The first kappa shape index (κ1) is 15.1. The lowest BCUT2D eigenvalue weighted by molar-refractivity contribution is -0.144. The zero-order valence-corrected chi connectivity index (χ0v) is 13.3. The summed E-state index contributed by atoms with van der Waals surface area (Å²) in [6.45, 7) is -0.230. The molecule has 1 saturated heterocycles. The number of rotatable bonds is 3. The van der Waals surface area contributed by atoms with Gasteiger partial charge in [-0.25, -0.2) is 9.18 Å². The molecule has 2 aliphatic rings. The summed E-state index contributed by atoms with van der Waals surface area (Å²) in [5, 5.41) is 0. The Morgan fingerprint density at radius 2 is 1.82 bits per heavy atom. The molecule has 0 aromatic heterocycles. The first-order valence-electron chi connectivity index (χ1n) is 7.12. The average Bonchev–Trinajstić information content (AvgIpc) is 3.05. The molecular weight excluding hydrogens is 355 g/mol. The Labute approximate surface area is 135 Å². The van der Waals surface area contributed by atoms with E-state index in [1.54, 1.807) is 6.07 Å². The fourth-order valence-electron chi connectivity index (χ4n) is 2.97. The van der Waals surface area contributed by atoms with Crippen molar-refractivity contribution in [3.8, 4) is 0 Å². The molecule has 1 aromatic rings. The van der Waals surface area contributed by atoms with Gasteiger partial charge in [-0.3, -0.25) is 19.4 Å². The van der Waals surface area contributed by atoms with E-state index in [0.717, 1.165) is 35.5 Å². The van der Waals surface area contributed by atoms with Crippen LogP contribution in [0.25, 0.3) is 0 Å². The summed E-state index contributed by atoms with van der Waals surface area (Å²) >= 11 is 3.15. The smallest absolute Gasteiger partial charge is 0.263 e. The number of urea groups is 1. The van der Waals surface area contributed by atoms with E-state index in [1.165, 1.54) is 12.1 Å². The minimum absolute atomic E-state index is 0.200. The third-order valence-electron chi connectivity index (χ3n) is 4.12. The van der Waals surface area contributed by atoms with Crippen LogP contribution in [-0.2, 0) is 16.1 Å². The van der Waals surface area contributed by atoms with E-state index in [4.69, 9.17) is 0 Å². The van der Waals surface area contributed by atoms with Crippen molar-refractivity contribution in [2.24, 2.45) is 0 Å². The topological polar surface area (TPSA) is 57.7 Å². The Balaban J connectivity index is 1.83.